The van der Waals surface area contributed by atoms with Gasteiger partial charge < -0.3 is 0 Å². The second-order valence-electron chi connectivity index (χ2n) is 4.99. The van der Waals surface area contributed by atoms with Gasteiger partial charge in [-0.05, 0) is 44.0 Å². The lowest BCUT2D eigenvalue weighted by molar-refractivity contribution is 0.0953. The SMILES string of the molecule is CC1CCCCN1Cc1cccc(C(=O)NN)c1. The summed E-state index contributed by atoms with van der Waals surface area (Å²) in [5.41, 5.74) is 3.96. The molecular weight excluding hydrogens is 226 g/mol. The van der Waals surface area contributed by atoms with Gasteiger partial charge in [0.2, 0.25) is 0 Å². The summed E-state index contributed by atoms with van der Waals surface area (Å²) < 4.78 is 0. The fourth-order valence-corrected chi connectivity index (χ4v) is 2.52. The van der Waals surface area contributed by atoms with Gasteiger partial charge in [0.25, 0.3) is 5.91 Å². The fourth-order valence-electron chi connectivity index (χ4n) is 2.52. The Morgan fingerprint density at radius 2 is 2.33 bits per heavy atom. The molecule has 0 radical (unpaired) electrons. The van der Waals surface area contributed by atoms with Gasteiger partial charge in [0.15, 0.2) is 0 Å². The number of amides is 1. The van der Waals surface area contributed by atoms with Crippen LogP contribution in [0.1, 0.15) is 42.1 Å². The maximum absolute atomic E-state index is 11.5. The Morgan fingerprint density at radius 1 is 1.50 bits per heavy atom. The first-order chi connectivity index (χ1) is 8.70. The Labute approximate surface area is 108 Å². The molecule has 4 nitrogen and oxygen atoms in total. The van der Waals surface area contributed by atoms with E-state index in [1.807, 2.05) is 12.1 Å². The van der Waals surface area contributed by atoms with Gasteiger partial charge in [-0.25, -0.2) is 5.84 Å². The van der Waals surface area contributed by atoms with Crippen LogP contribution in [0.2, 0.25) is 0 Å². The summed E-state index contributed by atoms with van der Waals surface area (Å²) in [6.45, 7) is 4.33. The van der Waals surface area contributed by atoms with E-state index in [1.165, 1.54) is 24.8 Å². The van der Waals surface area contributed by atoms with Gasteiger partial charge in [0.05, 0.1) is 0 Å². The van der Waals surface area contributed by atoms with Gasteiger partial charge in [-0.3, -0.25) is 15.1 Å². The summed E-state index contributed by atoms with van der Waals surface area (Å²) in [5, 5.41) is 0. The van der Waals surface area contributed by atoms with Crippen molar-refractivity contribution < 1.29 is 4.79 Å². The van der Waals surface area contributed by atoms with Crippen LogP contribution in [-0.4, -0.2) is 23.4 Å². The molecule has 0 aliphatic carbocycles. The highest BCUT2D eigenvalue weighted by Crippen LogP contribution is 2.19. The van der Waals surface area contributed by atoms with E-state index >= 15 is 0 Å². The number of hydrogen-bond acceptors (Lipinski definition) is 3. The molecule has 1 heterocycles. The van der Waals surface area contributed by atoms with Crippen molar-refractivity contribution in [3.05, 3.63) is 35.4 Å². The molecule has 1 unspecified atom stereocenters. The lowest BCUT2D eigenvalue weighted by atomic mass is 10.0. The minimum atomic E-state index is -0.233. The number of nitrogens with zero attached hydrogens (tertiary/aromatic N) is 1. The first-order valence-electron chi connectivity index (χ1n) is 6.54. The first kappa shape index (κ1) is 13.1. The smallest absolute Gasteiger partial charge is 0.265 e. The molecule has 0 saturated carbocycles. The van der Waals surface area contributed by atoms with E-state index in [0.29, 0.717) is 11.6 Å². The minimum absolute atomic E-state index is 0.233. The van der Waals surface area contributed by atoms with E-state index in [0.717, 1.165) is 13.1 Å². The maximum Gasteiger partial charge on any atom is 0.265 e. The summed E-state index contributed by atoms with van der Waals surface area (Å²) >= 11 is 0. The van der Waals surface area contributed by atoms with Crippen molar-refractivity contribution in [2.24, 2.45) is 5.84 Å². The van der Waals surface area contributed by atoms with Gasteiger partial charge in [0, 0.05) is 18.2 Å². The van der Waals surface area contributed by atoms with Crippen molar-refractivity contribution in [3.8, 4) is 0 Å². The number of likely N-dealkylation sites (tertiary alicyclic amines) is 1. The van der Waals surface area contributed by atoms with Crippen LogP contribution in [0.15, 0.2) is 24.3 Å². The number of hydrogen-bond donors (Lipinski definition) is 2. The monoisotopic (exact) mass is 247 g/mol. The topological polar surface area (TPSA) is 58.4 Å². The number of carbonyl (C=O) groups is 1. The fraction of sp³-hybridized carbons (Fsp3) is 0.500. The molecule has 4 heteroatoms. The molecule has 18 heavy (non-hydrogen) atoms. The zero-order valence-corrected chi connectivity index (χ0v) is 10.9. The normalized spacial score (nSPS) is 20.7. The molecule has 0 aromatic heterocycles. The van der Waals surface area contributed by atoms with Gasteiger partial charge >= 0.3 is 0 Å². The highest BCUT2D eigenvalue weighted by atomic mass is 16.2. The summed E-state index contributed by atoms with van der Waals surface area (Å²) in [6.07, 6.45) is 3.86. The molecule has 1 aliphatic heterocycles. The van der Waals surface area contributed by atoms with E-state index in [2.05, 4.69) is 23.3 Å². The lowest BCUT2D eigenvalue weighted by Gasteiger charge is -2.33. The molecule has 1 aromatic carbocycles. The number of rotatable bonds is 3. The Morgan fingerprint density at radius 3 is 3.06 bits per heavy atom. The number of piperidine rings is 1. The zero-order chi connectivity index (χ0) is 13.0. The molecule has 1 amide bonds. The highest BCUT2D eigenvalue weighted by molar-refractivity contribution is 5.93. The van der Waals surface area contributed by atoms with Gasteiger partial charge in [0.1, 0.15) is 0 Å². The minimum Gasteiger partial charge on any atom is -0.296 e. The highest BCUT2D eigenvalue weighted by Gasteiger charge is 2.18. The number of nitrogen functional groups attached to an aromatic ring is 1. The van der Waals surface area contributed by atoms with Crippen LogP contribution >= 0.6 is 0 Å². The summed E-state index contributed by atoms with van der Waals surface area (Å²) in [5.74, 6) is 4.92. The van der Waals surface area contributed by atoms with Crippen molar-refractivity contribution in [1.82, 2.24) is 10.3 Å². The Kier molecular flexibility index (Phi) is 4.33. The zero-order valence-electron chi connectivity index (χ0n) is 10.9. The van der Waals surface area contributed by atoms with E-state index in [1.54, 1.807) is 6.07 Å². The van der Waals surface area contributed by atoms with Crippen molar-refractivity contribution in [2.45, 2.75) is 38.8 Å². The third kappa shape index (κ3) is 3.09. The second-order valence-corrected chi connectivity index (χ2v) is 4.99. The van der Waals surface area contributed by atoms with Crippen LogP contribution in [0.5, 0.6) is 0 Å². The first-order valence-corrected chi connectivity index (χ1v) is 6.54. The van der Waals surface area contributed by atoms with Crippen molar-refractivity contribution in [2.75, 3.05) is 6.54 Å². The van der Waals surface area contributed by atoms with Crippen LogP contribution in [0.4, 0.5) is 0 Å². The molecule has 98 valence electrons. The van der Waals surface area contributed by atoms with Gasteiger partial charge in [-0.15, -0.1) is 0 Å². The molecule has 1 saturated heterocycles. The Hall–Kier alpha value is -1.39. The molecule has 1 atom stereocenters. The van der Waals surface area contributed by atoms with E-state index in [-0.39, 0.29) is 5.91 Å². The van der Waals surface area contributed by atoms with Gasteiger partial charge in [-0.1, -0.05) is 18.6 Å². The predicted molar refractivity (Wildman–Crippen MR) is 71.8 cm³/mol. The standard InChI is InChI=1S/C14H21N3O/c1-11-5-2-3-8-17(11)10-12-6-4-7-13(9-12)14(18)16-15/h4,6-7,9,11H,2-3,5,8,10,15H2,1H3,(H,16,18). The molecule has 0 bridgehead atoms. The largest absolute Gasteiger partial charge is 0.296 e. The Balaban J connectivity index is 2.06. The summed E-state index contributed by atoms with van der Waals surface area (Å²) in [6, 6.07) is 8.31. The van der Waals surface area contributed by atoms with Crippen molar-refractivity contribution in [1.29, 1.82) is 0 Å². The Bertz CT molecular complexity index is 419. The van der Waals surface area contributed by atoms with Crippen molar-refractivity contribution >= 4 is 5.91 Å². The predicted octanol–water partition coefficient (Wildman–Crippen LogP) is 1.66. The second kappa shape index (κ2) is 5.98. The number of benzene rings is 1. The number of carbonyl (C=O) groups excluding carboxylic acids is 1. The van der Waals surface area contributed by atoms with E-state index in [4.69, 9.17) is 5.84 Å². The third-order valence-electron chi connectivity index (χ3n) is 3.65. The van der Waals surface area contributed by atoms with Crippen LogP contribution < -0.4 is 11.3 Å². The number of hydrazine groups is 1. The van der Waals surface area contributed by atoms with E-state index < -0.39 is 0 Å². The van der Waals surface area contributed by atoms with Crippen LogP contribution in [-0.2, 0) is 6.54 Å². The van der Waals surface area contributed by atoms with Crippen LogP contribution in [0.3, 0.4) is 0 Å². The van der Waals surface area contributed by atoms with Crippen LogP contribution in [0, 0.1) is 0 Å². The molecule has 3 N–H and O–H groups in total. The number of nitrogens with two attached hydrogens (primary N) is 1. The third-order valence-corrected chi connectivity index (χ3v) is 3.65. The van der Waals surface area contributed by atoms with Crippen molar-refractivity contribution in [3.63, 3.8) is 0 Å². The molecule has 0 spiro atoms. The maximum atomic E-state index is 11.5. The molecular formula is C14H21N3O. The quantitative estimate of drug-likeness (QED) is 0.485. The van der Waals surface area contributed by atoms with Gasteiger partial charge in [-0.2, -0.15) is 0 Å². The lowest BCUT2D eigenvalue weighted by Crippen LogP contribution is -2.36. The average Bonchev–Trinajstić information content (AvgIpc) is 2.41. The summed E-state index contributed by atoms with van der Waals surface area (Å²) in [4.78, 5) is 13.9. The van der Waals surface area contributed by atoms with Crippen LogP contribution in [0.25, 0.3) is 0 Å². The number of nitrogens with one attached hydrogen (secondary N) is 1. The molecule has 1 fully saturated rings. The van der Waals surface area contributed by atoms with E-state index in [9.17, 15) is 4.79 Å². The average molecular weight is 247 g/mol. The molecule has 1 aromatic rings. The molecule has 2 rings (SSSR count). The molecule has 1 aliphatic rings. The summed E-state index contributed by atoms with van der Waals surface area (Å²) in [7, 11) is 0.